The van der Waals surface area contributed by atoms with Crippen molar-refractivity contribution in [2.45, 2.75) is 58.2 Å². The van der Waals surface area contributed by atoms with Crippen LogP contribution >= 0.6 is 0 Å². The fourth-order valence-corrected chi connectivity index (χ4v) is 7.37. The summed E-state index contributed by atoms with van der Waals surface area (Å²) in [5.74, 6) is -0.539. The third-order valence-corrected chi connectivity index (χ3v) is 8.65. The van der Waals surface area contributed by atoms with Gasteiger partial charge in [-0.05, 0) is 55.6 Å². The van der Waals surface area contributed by atoms with Gasteiger partial charge in [-0.2, -0.15) is 0 Å². The molecule has 8 atom stereocenters. The van der Waals surface area contributed by atoms with Crippen LogP contribution < -0.4 is 0 Å². The molecule has 0 aromatic heterocycles. The highest BCUT2D eigenvalue weighted by Crippen LogP contribution is 2.68. The van der Waals surface area contributed by atoms with Gasteiger partial charge in [-0.25, -0.2) is 0 Å². The van der Waals surface area contributed by atoms with E-state index in [0.29, 0.717) is 12.8 Å². The molecule has 0 bridgehead atoms. The Kier molecular flexibility index (Phi) is 4.12. The lowest BCUT2D eigenvalue weighted by Crippen LogP contribution is -2.62. The molecule has 0 aromatic rings. The Balaban J connectivity index is 1.78. The Morgan fingerprint density at radius 1 is 1.33 bits per heavy atom. The average molecular weight is 374 g/mol. The van der Waals surface area contributed by atoms with Gasteiger partial charge in [-0.15, -0.1) is 0 Å². The van der Waals surface area contributed by atoms with Gasteiger partial charge in [0.25, 0.3) is 0 Å². The second-order valence-electron chi connectivity index (χ2n) is 9.70. The van der Waals surface area contributed by atoms with Gasteiger partial charge in [0.15, 0.2) is 11.6 Å². The standard InChI is InChI=1S/C22H30O5/c1-12-8-16-15-5-4-13-9-14(24)6-7-20(13,2)19(15)17(25)10-21(16,3)22(12,27)18(26)11-23/h6-7,9,12,15-17,19,23,25,27H,4-5,8,10-11H2,1-3H3/t12-,15-,16-,17+,19+,20-,21-,22-/m0/s1. The first kappa shape index (κ1) is 19.0. The number of fused-ring (bicyclic) bond motifs is 5. The van der Waals surface area contributed by atoms with Crippen molar-refractivity contribution in [2.75, 3.05) is 6.61 Å². The van der Waals surface area contributed by atoms with Crippen LogP contribution in [0.15, 0.2) is 23.8 Å². The monoisotopic (exact) mass is 374 g/mol. The second kappa shape index (κ2) is 5.85. The first-order valence-electron chi connectivity index (χ1n) is 10.1. The van der Waals surface area contributed by atoms with Crippen LogP contribution in [0.25, 0.3) is 0 Å². The SMILES string of the molecule is C[C@H]1C[C@H]2[C@@H]3CCC4=CC(=O)C=C[C@]4(C)[C@H]3[C@H](O)C[C@]2(C)[C@@]1(O)C(=O)CO. The molecule has 0 spiro atoms. The summed E-state index contributed by atoms with van der Waals surface area (Å²) in [5.41, 5.74) is -1.62. The van der Waals surface area contributed by atoms with Crippen molar-refractivity contribution in [3.05, 3.63) is 23.8 Å². The first-order valence-corrected chi connectivity index (χ1v) is 10.1. The topological polar surface area (TPSA) is 94.8 Å². The van der Waals surface area contributed by atoms with Crippen LogP contribution in [0.4, 0.5) is 0 Å². The lowest BCUT2D eigenvalue weighted by atomic mass is 9.46. The Morgan fingerprint density at radius 3 is 2.70 bits per heavy atom. The molecule has 5 heteroatoms. The van der Waals surface area contributed by atoms with E-state index in [1.807, 2.05) is 19.9 Å². The van der Waals surface area contributed by atoms with E-state index < -0.39 is 29.5 Å². The molecule has 0 heterocycles. The number of rotatable bonds is 2. The Bertz CT molecular complexity index is 754. The lowest BCUT2D eigenvalue weighted by Gasteiger charge is -2.59. The minimum absolute atomic E-state index is 0.00784. The van der Waals surface area contributed by atoms with Crippen LogP contribution in [0.3, 0.4) is 0 Å². The zero-order valence-electron chi connectivity index (χ0n) is 16.3. The molecule has 3 fully saturated rings. The quantitative estimate of drug-likeness (QED) is 0.685. The summed E-state index contributed by atoms with van der Waals surface area (Å²) < 4.78 is 0. The molecule has 4 aliphatic carbocycles. The number of Topliss-reactive ketones (excluding diaryl/α,β-unsaturated/α-hetero) is 1. The number of hydrogen-bond donors (Lipinski definition) is 3. The largest absolute Gasteiger partial charge is 0.393 e. The number of carbonyl (C=O) groups is 2. The summed E-state index contributed by atoms with van der Waals surface area (Å²) in [6.07, 6.45) is 7.30. The maximum absolute atomic E-state index is 12.6. The number of carbonyl (C=O) groups excluding carboxylic acids is 2. The second-order valence-corrected chi connectivity index (χ2v) is 9.70. The first-order chi connectivity index (χ1) is 12.6. The summed E-state index contributed by atoms with van der Waals surface area (Å²) in [7, 11) is 0. The van der Waals surface area contributed by atoms with Crippen molar-refractivity contribution in [1.29, 1.82) is 0 Å². The van der Waals surface area contributed by atoms with E-state index in [0.717, 1.165) is 18.4 Å². The highest BCUT2D eigenvalue weighted by atomic mass is 16.3. The number of ketones is 2. The maximum Gasteiger partial charge on any atom is 0.190 e. The van der Waals surface area contributed by atoms with Gasteiger partial charge < -0.3 is 15.3 Å². The Hall–Kier alpha value is -1.30. The van der Waals surface area contributed by atoms with Gasteiger partial charge in [0.05, 0.1) is 6.10 Å². The molecule has 4 aliphatic rings. The third-order valence-electron chi connectivity index (χ3n) is 8.65. The van der Waals surface area contributed by atoms with Gasteiger partial charge in [-0.1, -0.05) is 32.4 Å². The number of aliphatic hydroxyl groups is 3. The Morgan fingerprint density at radius 2 is 2.04 bits per heavy atom. The molecule has 0 amide bonds. The molecular weight excluding hydrogens is 344 g/mol. The molecule has 0 aromatic carbocycles. The molecule has 3 N–H and O–H groups in total. The molecule has 4 rings (SSSR count). The number of allylic oxidation sites excluding steroid dienone is 4. The van der Waals surface area contributed by atoms with Crippen LogP contribution in [0.2, 0.25) is 0 Å². The summed E-state index contributed by atoms with van der Waals surface area (Å²) in [5, 5.41) is 32.1. The van der Waals surface area contributed by atoms with Crippen molar-refractivity contribution in [3.8, 4) is 0 Å². The Labute approximate surface area is 160 Å². The van der Waals surface area contributed by atoms with E-state index in [2.05, 4.69) is 6.92 Å². The molecule has 0 unspecified atom stereocenters. The van der Waals surface area contributed by atoms with E-state index in [1.54, 1.807) is 12.2 Å². The zero-order chi connectivity index (χ0) is 19.8. The molecule has 148 valence electrons. The van der Waals surface area contributed by atoms with Crippen LogP contribution in [0, 0.1) is 34.5 Å². The van der Waals surface area contributed by atoms with E-state index in [1.165, 1.54) is 0 Å². The molecular formula is C22H30O5. The van der Waals surface area contributed by atoms with Gasteiger partial charge in [0.2, 0.25) is 0 Å². The van der Waals surface area contributed by atoms with Crippen molar-refractivity contribution in [3.63, 3.8) is 0 Å². The van der Waals surface area contributed by atoms with Crippen LogP contribution in [-0.4, -0.2) is 45.2 Å². The van der Waals surface area contributed by atoms with Crippen LogP contribution in [-0.2, 0) is 9.59 Å². The van der Waals surface area contributed by atoms with Gasteiger partial charge >= 0.3 is 0 Å². The average Bonchev–Trinajstić information content (AvgIpc) is 2.82. The van der Waals surface area contributed by atoms with Gasteiger partial charge in [0.1, 0.15) is 12.2 Å². The van der Waals surface area contributed by atoms with Crippen molar-refractivity contribution >= 4 is 11.6 Å². The summed E-state index contributed by atoms with van der Waals surface area (Å²) >= 11 is 0. The molecule has 27 heavy (non-hydrogen) atoms. The van der Waals surface area contributed by atoms with Crippen molar-refractivity contribution < 1.29 is 24.9 Å². The normalized spacial score (nSPS) is 51.3. The van der Waals surface area contributed by atoms with E-state index in [4.69, 9.17) is 0 Å². The highest BCUT2D eigenvalue weighted by Gasteiger charge is 2.70. The van der Waals surface area contributed by atoms with Gasteiger partial charge in [0, 0.05) is 16.7 Å². The summed E-state index contributed by atoms with van der Waals surface area (Å²) in [6, 6.07) is 0. The van der Waals surface area contributed by atoms with Gasteiger partial charge in [-0.3, -0.25) is 9.59 Å². The van der Waals surface area contributed by atoms with E-state index in [-0.39, 0.29) is 34.9 Å². The predicted octanol–water partition coefficient (Wildman–Crippen LogP) is 1.80. The zero-order valence-corrected chi connectivity index (χ0v) is 16.3. The fourth-order valence-electron chi connectivity index (χ4n) is 7.37. The summed E-state index contributed by atoms with van der Waals surface area (Å²) in [6.45, 7) is 5.23. The third kappa shape index (κ3) is 2.22. The van der Waals surface area contributed by atoms with Crippen LogP contribution in [0.1, 0.15) is 46.5 Å². The fraction of sp³-hybridized carbons (Fsp3) is 0.727. The number of aliphatic hydroxyl groups excluding tert-OH is 2. The molecule has 0 aliphatic heterocycles. The molecule has 0 saturated heterocycles. The molecule has 0 radical (unpaired) electrons. The minimum atomic E-state index is -1.60. The smallest absolute Gasteiger partial charge is 0.190 e. The van der Waals surface area contributed by atoms with Crippen LogP contribution in [0.5, 0.6) is 0 Å². The number of hydrogen-bond acceptors (Lipinski definition) is 5. The predicted molar refractivity (Wildman–Crippen MR) is 99.6 cm³/mol. The van der Waals surface area contributed by atoms with E-state index in [9.17, 15) is 24.9 Å². The van der Waals surface area contributed by atoms with Crippen molar-refractivity contribution in [2.24, 2.45) is 34.5 Å². The minimum Gasteiger partial charge on any atom is -0.393 e. The van der Waals surface area contributed by atoms with Crippen molar-refractivity contribution in [1.82, 2.24) is 0 Å². The van der Waals surface area contributed by atoms with E-state index >= 15 is 0 Å². The highest BCUT2D eigenvalue weighted by molar-refractivity contribution is 6.01. The molecule has 5 nitrogen and oxygen atoms in total. The lowest BCUT2D eigenvalue weighted by molar-refractivity contribution is -0.183. The maximum atomic E-state index is 12.6. The summed E-state index contributed by atoms with van der Waals surface area (Å²) in [4.78, 5) is 24.4. The molecule has 3 saturated carbocycles.